The molecule has 0 spiro atoms. The number of methoxy groups -OCH3 is 1. The average Bonchev–Trinajstić information content (AvgIpc) is 2.26. The van der Waals surface area contributed by atoms with E-state index in [9.17, 15) is 15.1 Å². The molecule has 1 amide bonds. The van der Waals surface area contributed by atoms with Crippen LogP contribution < -0.4 is 0 Å². The summed E-state index contributed by atoms with van der Waals surface area (Å²) in [6.07, 6.45) is 0.836. The molecule has 3 N–H and O–H groups in total. The van der Waals surface area contributed by atoms with Crippen molar-refractivity contribution in [2.75, 3.05) is 7.11 Å². The van der Waals surface area contributed by atoms with Crippen LogP contribution in [0.5, 0.6) is 0 Å². The van der Waals surface area contributed by atoms with Crippen molar-refractivity contribution in [1.29, 1.82) is 0 Å². The molecule has 0 aromatic carbocycles. The summed E-state index contributed by atoms with van der Waals surface area (Å²) < 4.78 is 9.64. The molecular formula is C9H11NO6. The summed E-state index contributed by atoms with van der Waals surface area (Å²) in [5.74, 6) is -2.55. The van der Waals surface area contributed by atoms with E-state index < -0.39 is 18.0 Å². The molecule has 0 saturated carbocycles. The zero-order chi connectivity index (χ0) is 11.9. The molecule has 2 atom stereocenters. The van der Waals surface area contributed by atoms with E-state index in [-0.39, 0.29) is 22.9 Å². The molecular weight excluding hydrogens is 218 g/mol. The number of hydrogen-bond acceptors (Lipinski definition) is 6. The van der Waals surface area contributed by atoms with E-state index in [2.05, 4.69) is 0 Å². The van der Waals surface area contributed by atoms with Gasteiger partial charge in [0.1, 0.15) is 5.70 Å². The molecule has 0 aromatic rings. The quantitative estimate of drug-likeness (QED) is 0.396. The van der Waals surface area contributed by atoms with Crippen LogP contribution >= 0.6 is 0 Å². The first-order valence-corrected chi connectivity index (χ1v) is 4.55. The Kier molecular flexibility index (Phi) is 2.47. The summed E-state index contributed by atoms with van der Waals surface area (Å²) >= 11 is 0. The van der Waals surface area contributed by atoms with E-state index in [0.717, 1.165) is 0 Å². The van der Waals surface area contributed by atoms with Crippen molar-refractivity contribution in [3.63, 3.8) is 0 Å². The van der Waals surface area contributed by atoms with Crippen LogP contribution in [0.3, 0.4) is 0 Å². The van der Waals surface area contributed by atoms with Gasteiger partial charge in [-0.3, -0.25) is 10.0 Å². The van der Waals surface area contributed by atoms with Crippen molar-refractivity contribution in [3.05, 3.63) is 23.6 Å². The lowest BCUT2D eigenvalue weighted by Gasteiger charge is -2.34. The first-order valence-electron chi connectivity index (χ1n) is 4.55. The zero-order valence-electron chi connectivity index (χ0n) is 8.45. The number of hydrogen-bond donors (Lipinski definition) is 3. The molecule has 7 heteroatoms. The molecule has 1 aliphatic carbocycles. The average molecular weight is 229 g/mol. The molecule has 16 heavy (non-hydrogen) atoms. The molecule has 7 nitrogen and oxygen atoms in total. The lowest BCUT2D eigenvalue weighted by atomic mass is 10.0. The van der Waals surface area contributed by atoms with Gasteiger partial charge in [0.05, 0.1) is 0 Å². The van der Waals surface area contributed by atoms with Gasteiger partial charge in [-0.2, -0.15) is 5.06 Å². The number of morpholine rings is 1. The number of fused-ring (bicyclic) bond motifs is 1. The third-order valence-corrected chi connectivity index (χ3v) is 2.44. The molecule has 0 bridgehead atoms. The number of ether oxygens (including phenoxy) is 2. The first kappa shape index (κ1) is 11.1. The second-order valence-electron chi connectivity index (χ2n) is 3.47. The van der Waals surface area contributed by atoms with Gasteiger partial charge >= 0.3 is 5.91 Å². The highest BCUT2D eigenvalue weighted by molar-refractivity contribution is 5.82. The van der Waals surface area contributed by atoms with Crippen molar-refractivity contribution in [2.45, 2.75) is 18.5 Å². The lowest BCUT2D eigenvalue weighted by Crippen LogP contribution is -2.45. The van der Waals surface area contributed by atoms with Crippen molar-refractivity contribution < 1.29 is 29.7 Å². The lowest BCUT2D eigenvalue weighted by molar-refractivity contribution is -0.203. The van der Waals surface area contributed by atoms with Crippen LogP contribution in [-0.2, 0) is 14.3 Å². The van der Waals surface area contributed by atoms with Crippen LogP contribution in [0.2, 0.25) is 0 Å². The van der Waals surface area contributed by atoms with Crippen LogP contribution in [0.15, 0.2) is 23.6 Å². The van der Waals surface area contributed by atoms with Gasteiger partial charge in [-0.05, 0) is 6.08 Å². The maximum Gasteiger partial charge on any atom is 0.320 e. The molecule has 0 radical (unpaired) electrons. The molecule has 2 unspecified atom stereocenters. The van der Waals surface area contributed by atoms with Gasteiger partial charge in [0.25, 0.3) is 6.29 Å². The number of amides is 1. The topological polar surface area (TPSA) is 99.5 Å². The second kappa shape index (κ2) is 3.56. The normalized spacial score (nSPS) is 33.9. The maximum absolute atomic E-state index is 11.1. The molecule has 0 aromatic heterocycles. The first-order chi connectivity index (χ1) is 7.47. The summed E-state index contributed by atoms with van der Waals surface area (Å²) in [5.41, 5.74) is 0.0806. The monoisotopic (exact) mass is 229 g/mol. The molecule has 1 aliphatic heterocycles. The van der Waals surface area contributed by atoms with Crippen molar-refractivity contribution in [1.82, 2.24) is 5.06 Å². The summed E-state index contributed by atoms with van der Waals surface area (Å²) in [7, 11) is 1.30. The van der Waals surface area contributed by atoms with Gasteiger partial charge in [0.2, 0.25) is 0 Å². The van der Waals surface area contributed by atoms with Crippen molar-refractivity contribution >= 4 is 5.91 Å². The Morgan fingerprint density at radius 3 is 3.00 bits per heavy atom. The molecule has 1 heterocycles. The second-order valence-corrected chi connectivity index (χ2v) is 3.47. The number of carbonyl (C=O) groups is 1. The van der Waals surface area contributed by atoms with Gasteiger partial charge < -0.3 is 19.7 Å². The van der Waals surface area contributed by atoms with Gasteiger partial charge in [-0.1, -0.05) is 0 Å². The zero-order valence-corrected chi connectivity index (χ0v) is 8.45. The highest BCUT2D eigenvalue weighted by atomic mass is 16.6. The third kappa shape index (κ3) is 1.59. The standard InChI is InChI=1S/C9H11NO6/c1-15-9(13)3-2-5-6(4-9)16-8(12)7(11)10(5)14/h2,4,8,12-14H,3H2,1H3. The highest BCUT2D eigenvalue weighted by Gasteiger charge is 2.40. The van der Waals surface area contributed by atoms with Crippen LogP contribution in [-0.4, -0.2) is 45.6 Å². The number of aliphatic hydroxyl groups is 2. The third-order valence-electron chi connectivity index (χ3n) is 2.44. The Hall–Kier alpha value is -1.41. The summed E-state index contributed by atoms with van der Waals surface area (Å²) in [5, 5.41) is 28.6. The number of carbonyl (C=O) groups excluding carboxylic acids is 1. The van der Waals surface area contributed by atoms with Gasteiger partial charge in [-0.25, -0.2) is 0 Å². The Balaban J connectivity index is 2.34. The highest BCUT2D eigenvalue weighted by Crippen LogP contribution is 2.32. The van der Waals surface area contributed by atoms with Gasteiger partial charge in [0, 0.05) is 19.6 Å². The Bertz CT molecular complexity index is 389. The van der Waals surface area contributed by atoms with E-state index in [1.165, 1.54) is 19.3 Å². The Morgan fingerprint density at radius 2 is 2.38 bits per heavy atom. The smallest absolute Gasteiger partial charge is 0.320 e. The van der Waals surface area contributed by atoms with Gasteiger partial charge in [-0.15, -0.1) is 0 Å². The molecule has 2 aliphatic rings. The molecule has 2 rings (SSSR count). The van der Waals surface area contributed by atoms with Crippen molar-refractivity contribution in [3.8, 4) is 0 Å². The van der Waals surface area contributed by atoms with E-state index in [0.29, 0.717) is 0 Å². The predicted octanol–water partition coefficient (Wildman–Crippen LogP) is -0.941. The Morgan fingerprint density at radius 1 is 1.69 bits per heavy atom. The summed E-state index contributed by atoms with van der Waals surface area (Å²) in [4.78, 5) is 11.1. The minimum absolute atomic E-state index is 0.00907. The van der Waals surface area contributed by atoms with Crippen LogP contribution in [0, 0.1) is 0 Å². The minimum Gasteiger partial charge on any atom is -0.453 e. The summed E-state index contributed by atoms with van der Waals surface area (Å²) in [6.45, 7) is 0. The fraction of sp³-hybridized carbons (Fsp3) is 0.444. The Labute approximate surface area is 90.8 Å². The fourth-order valence-corrected chi connectivity index (χ4v) is 1.50. The number of hydroxylamine groups is 2. The van der Waals surface area contributed by atoms with E-state index in [1.807, 2.05) is 0 Å². The molecule has 1 fully saturated rings. The maximum atomic E-state index is 11.1. The number of aliphatic hydroxyl groups excluding tert-OH is 1. The van der Waals surface area contributed by atoms with E-state index in [4.69, 9.17) is 14.6 Å². The summed E-state index contributed by atoms with van der Waals surface area (Å²) in [6, 6.07) is 0. The number of nitrogens with zero attached hydrogens (tertiary/aromatic N) is 1. The van der Waals surface area contributed by atoms with Crippen molar-refractivity contribution in [2.24, 2.45) is 0 Å². The van der Waals surface area contributed by atoms with E-state index >= 15 is 0 Å². The van der Waals surface area contributed by atoms with Crippen LogP contribution in [0.25, 0.3) is 0 Å². The largest absolute Gasteiger partial charge is 0.453 e. The molecule has 1 saturated heterocycles. The van der Waals surface area contributed by atoms with E-state index in [1.54, 1.807) is 0 Å². The predicted molar refractivity (Wildman–Crippen MR) is 48.5 cm³/mol. The van der Waals surface area contributed by atoms with Gasteiger partial charge in [0.15, 0.2) is 11.5 Å². The molecule has 88 valence electrons. The fourth-order valence-electron chi connectivity index (χ4n) is 1.50. The number of rotatable bonds is 1. The van der Waals surface area contributed by atoms with Crippen LogP contribution in [0.4, 0.5) is 0 Å². The SMILES string of the molecule is COC1(O)C=C2OC(O)C(=O)N(O)C2=CC1. The van der Waals surface area contributed by atoms with Crippen LogP contribution in [0.1, 0.15) is 6.42 Å². The minimum atomic E-state index is -1.78.